The summed E-state index contributed by atoms with van der Waals surface area (Å²) in [5, 5.41) is 3.28. The largest absolute Gasteiger partial charge is 0.313 e. The van der Waals surface area contributed by atoms with E-state index in [4.69, 9.17) is 0 Å². The van der Waals surface area contributed by atoms with E-state index in [1.54, 1.807) is 6.20 Å². The first-order valence-corrected chi connectivity index (χ1v) is 7.49. The Morgan fingerprint density at radius 1 is 1.30 bits per heavy atom. The lowest BCUT2D eigenvalue weighted by atomic mass is 9.95. The van der Waals surface area contributed by atoms with E-state index < -0.39 is 0 Å². The molecule has 2 rings (SSSR count). The summed E-state index contributed by atoms with van der Waals surface area (Å²) >= 11 is 3.28. The van der Waals surface area contributed by atoms with E-state index >= 15 is 0 Å². The smallest absolute Gasteiger partial charge is 0.127 e. The minimum atomic E-state index is -0.174. The van der Waals surface area contributed by atoms with E-state index in [-0.39, 0.29) is 11.9 Å². The Hall–Kier alpha value is -1.26. The molecule has 0 aliphatic rings. The zero-order valence-electron chi connectivity index (χ0n) is 11.7. The van der Waals surface area contributed by atoms with E-state index in [1.165, 1.54) is 17.2 Å². The summed E-state index contributed by atoms with van der Waals surface area (Å²) in [6, 6.07) is 7.31. The predicted molar refractivity (Wildman–Crippen MR) is 83.2 cm³/mol. The summed E-state index contributed by atoms with van der Waals surface area (Å²) in [6.45, 7) is 2.10. The van der Waals surface area contributed by atoms with Gasteiger partial charge in [-0.05, 0) is 54.8 Å². The number of hydrogen-bond donors (Lipinski definition) is 1. The van der Waals surface area contributed by atoms with Gasteiger partial charge in [-0.2, -0.15) is 0 Å². The average Bonchev–Trinajstić information content (AvgIpc) is 2.46. The maximum absolute atomic E-state index is 14.0. The molecular formula is C16H18BrFN2. The standard InChI is InChI=1S/C16H18BrFN2/c1-3-11-10-20-7-6-14(11)16(19-2)8-12-4-5-13(17)9-15(12)18/h4-7,9-10,16,19H,3,8H2,1-2H3. The van der Waals surface area contributed by atoms with Gasteiger partial charge in [0.25, 0.3) is 0 Å². The Morgan fingerprint density at radius 2 is 2.10 bits per heavy atom. The van der Waals surface area contributed by atoms with E-state index in [2.05, 4.69) is 33.2 Å². The summed E-state index contributed by atoms with van der Waals surface area (Å²) < 4.78 is 14.7. The normalized spacial score (nSPS) is 12.4. The third kappa shape index (κ3) is 3.44. The number of benzene rings is 1. The van der Waals surface area contributed by atoms with Crippen LogP contribution in [-0.4, -0.2) is 12.0 Å². The molecule has 1 unspecified atom stereocenters. The number of halogens is 2. The minimum absolute atomic E-state index is 0.0867. The van der Waals surface area contributed by atoms with Gasteiger partial charge in [0.15, 0.2) is 0 Å². The van der Waals surface area contributed by atoms with Crippen LogP contribution in [0.3, 0.4) is 0 Å². The molecule has 0 spiro atoms. The van der Waals surface area contributed by atoms with Crippen molar-refractivity contribution in [1.29, 1.82) is 0 Å². The summed E-state index contributed by atoms with van der Waals surface area (Å²) in [4.78, 5) is 4.16. The second-order valence-corrected chi connectivity index (χ2v) is 5.62. The van der Waals surface area contributed by atoms with Crippen LogP contribution in [0, 0.1) is 5.82 Å². The summed E-state index contributed by atoms with van der Waals surface area (Å²) in [5.74, 6) is -0.174. The molecule has 0 amide bonds. The fourth-order valence-electron chi connectivity index (χ4n) is 2.35. The quantitative estimate of drug-likeness (QED) is 0.890. The highest BCUT2D eigenvalue weighted by Crippen LogP contribution is 2.24. The molecule has 1 atom stereocenters. The zero-order chi connectivity index (χ0) is 14.5. The van der Waals surface area contributed by atoms with E-state index in [1.807, 2.05) is 31.4 Å². The van der Waals surface area contributed by atoms with Crippen molar-refractivity contribution in [3.63, 3.8) is 0 Å². The van der Waals surface area contributed by atoms with Crippen LogP contribution in [0.4, 0.5) is 4.39 Å². The zero-order valence-corrected chi connectivity index (χ0v) is 13.2. The fourth-order valence-corrected chi connectivity index (χ4v) is 2.68. The maximum Gasteiger partial charge on any atom is 0.127 e. The van der Waals surface area contributed by atoms with Crippen LogP contribution >= 0.6 is 15.9 Å². The van der Waals surface area contributed by atoms with Crippen LogP contribution in [0.25, 0.3) is 0 Å². The van der Waals surface area contributed by atoms with Crippen molar-refractivity contribution < 1.29 is 4.39 Å². The third-order valence-electron chi connectivity index (χ3n) is 3.49. The highest BCUT2D eigenvalue weighted by Gasteiger charge is 2.15. The van der Waals surface area contributed by atoms with Gasteiger partial charge in [-0.3, -0.25) is 4.98 Å². The van der Waals surface area contributed by atoms with Crippen LogP contribution in [0.1, 0.15) is 29.7 Å². The Kier molecular flexibility index (Phi) is 5.26. The van der Waals surface area contributed by atoms with Crippen LogP contribution < -0.4 is 5.32 Å². The molecule has 0 saturated carbocycles. The lowest BCUT2D eigenvalue weighted by Crippen LogP contribution is -2.21. The molecule has 2 aromatic rings. The number of likely N-dealkylation sites (N-methyl/N-ethyl adjacent to an activating group) is 1. The van der Waals surface area contributed by atoms with Crippen molar-refractivity contribution in [3.05, 3.63) is 63.6 Å². The summed E-state index contributed by atoms with van der Waals surface area (Å²) in [6.07, 6.45) is 5.21. The number of nitrogens with zero attached hydrogens (tertiary/aromatic N) is 1. The van der Waals surface area contributed by atoms with Crippen molar-refractivity contribution in [3.8, 4) is 0 Å². The van der Waals surface area contributed by atoms with Crippen molar-refractivity contribution in [2.24, 2.45) is 0 Å². The second-order valence-electron chi connectivity index (χ2n) is 4.71. The molecule has 0 aliphatic carbocycles. The first-order valence-electron chi connectivity index (χ1n) is 6.69. The van der Waals surface area contributed by atoms with Crippen molar-refractivity contribution in [2.45, 2.75) is 25.8 Å². The number of pyridine rings is 1. The van der Waals surface area contributed by atoms with Gasteiger partial charge in [-0.25, -0.2) is 4.39 Å². The Balaban J connectivity index is 2.29. The van der Waals surface area contributed by atoms with Gasteiger partial charge in [0.2, 0.25) is 0 Å². The number of aryl methyl sites for hydroxylation is 1. The molecule has 20 heavy (non-hydrogen) atoms. The molecular weight excluding hydrogens is 319 g/mol. The lowest BCUT2D eigenvalue weighted by Gasteiger charge is -2.20. The minimum Gasteiger partial charge on any atom is -0.313 e. The van der Waals surface area contributed by atoms with E-state index in [0.717, 1.165) is 10.9 Å². The molecule has 106 valence electrons. The molecule has 2 nitrogen and oxygen atoms in total. The van der Waals surface area contributed by atoms with Gasteiger partial charge in [0, 0.05) is 22.9 Å². The number of aromatic nitrogens is 1. The average molecular weight is 337 g/mol. The van der Waals surface area contributed by atoms with Crippen molar-refractivity contribution >= 4 is 15.9 Å². The highest BCUT2D eigenvalue weighted by molar-refractivity contribution is 9.10. The molecule has 4 heteroatoms. The molecule has 1 aromatic heterocycles. The van der Waals surface area contributed by atoms with E-state index in [9.17, 15) is 4.39 Å². The Morgan fingerprint density at radius 3 is 2.75 bits per heavy atom. The summed E-state index contributed by atoms with van der Waals surface area (Å²) in [7, 11) is 1.90. The molecule has 0 radical (unpaired) electrons. The van der Waals surface area contributed by atoms with Crippen LogP contribution in [0.15, 0.2) is 41.1 Å². The Bertz CT molecular complexity index is 586. The second kappa shape index (κ2) is 6.95. The maximum atomic E-state index is 14.0. The monoisotopic (exact) mass is 336 g/mol. The van der Waals surface area contributed by atoms with Crippen LogP contribution in [0.2, 0.25) is 0 Å². The Labute approximate surface area is 127 Å². The topological polar surface area (TPSA) is 24.9 Å². The summed E-state index contributed by atoms with van der Waals surface area (Å²) in [5.41, 5.74) is 3.10. The van der Waals surface area contributed by atoms with Crippen molar-refractivity contribution in [1.82, 2.24) is 10.3 Å². The highest BCUT2D eigenvalue weighted by atomic mass is 79.9. The number of nitrogens with one attached hydrogen (secondary N) is 1. The van der Waals surface area contributed by atoms with Gasteiger partial charge in [0.05, 0.1) is 0 Å². The molecule has 0 fully saturated rings. The molecule has 1 aromatic carbocycles. The van der Waals surface area contributed by atoms with Crippen LogP contribution in [0.5, 0.6) is 0 Å². The van der Waals surface area contributed by atoms with Gasteiger partial charge < -0.3 is 5.32 Å². The van der Waals surface area contributed by atoms with Crippen molar-refractivity contribution in [2.75, 3.05) is 7.05 Å². The molecule has 0 aliphatic heterocycles. The van der Waals surface area contributed by atoms with Crippen LogP contribution in [-0.2, 0) is 12.8 Å². The molecule has 0 bridgehead atoms. The van der Waals surface area contributed by atoms with E-state index in [0.29, 0.717) is 12.0 Å². The molecule has 1 N–H and O–H groups in total. The number of rotatable bonds is 5. The first-order chi connectivity index (χ1) is 9.65. The lowest BCUT2D eigenvalue weighted by molar-refractivity contribution is 0.550. The van der Waals surface area contributed by atoms with Gasteiger partial charge >= 0.3 is 0 Å². The van der Waals surface area contributed by atoms with Gasteiger partial charge in [-0.15, -0.1) is 0 Å². The molecule has 0 saturated heterocycles. The fraction of sp³-hybridized carbons (Fsp3) is 0.312. The predicted octanol–water partition coefficient (Wildman–Crippen LogP) is 4.05. The van der Waals surface area contributed by atoms with Gasteiger partial charge in [-0.1, -0.05) is 28.9 Å². The number of hydrogen-bond acceptors (Lipinski definition) is 2. The first kappa shape index (κ1) is 15.1. The molecule has 1 heterocycles. The SMILES string of the molecule is CCc1cnccc1C(Cc1ccc(Br)cc1F)NC. The third-order valence-corrected chi connectivity index (χ3v) is 3.98. The van der Waals surface area contributed by atoms with Gasteiger partial charge in [0.1, 0.15) is 5.82 Å².